The number of hydrogen-bond donors (Lipinski definition) is 1. The molecule has 0 fully saturated rings. The highest BCUT2D eigenvalue weighted by molar-refractivity contribution is 6.30. The van der Waals surface area contributed by atoms with E-state index in [1.165, 1.54) is 12.3 Å². The van der Waals surface area contributed by atoms with Crippen molar-refractivity contribution in [1.82, 2.24) is 10.3 Å². The zero-order chi connectivity index (χ0) is 10.6. The van der Waals surface area contributed by atoms with Crippen molar-refractivity contribution < 1.29 is 9.13 Å². The fourth-order valence-corrected chi connectivity index (χ4v) is 1.15. The lowest BCUT2D eigenvalue weighted by Gasteiger charge is -2.13. The summed E-state index contributed by atoms with van der Waals surface area (Å²) in [6, 6.07) is 1.18. The van der Waals surface area contributed by atoms with Gasteiger partial charge in [-0.1, -0.05) is 11.6 Å². The number of nitrogens with zero attached hydrogens (tertiary/aromatic N) is 1. The van der Waals surface area contributed by atoms with Crippen LogP contribution in [0.4, 0.5) is 4.39 Å². The maximum Gasteiger partial charge on any atom is 0.250 e. The third-order valence-electron chi connectivity index (χ3n) is 1.58. The summed E-state index contributed by atoms with van der Waals surface area (Å²) in [6.45, 7) is 2.45. The molecule has 0 saturated carbocycles. The van der Waals surface area contributed by atoms with E-state index >= 15 is 0 Å². The Morgan fingerprint density at radius 1 is 1.71 bits per heavy atom. The Morgan fingerprint density at radius 2 is 2.43 bits per heavy atom. The first-order chi connectivity index (χ1) is 6.63. The number of pyridine rings is 1. The average Bonchev–Trinajstić information content (AvgIpc) is 2.10. The first-order valence-corrected chi connectivity index (χ1v) is 4.63. The molecule has 0 aromatic carbocycles. The van der Waals surface area contributed by atoms with Crippen molar-refractivity contribution in [2.45, 2.75) is 13.0 Å². The predicted octanol–water partition coefficient (Wildman–Crippen LogP) is 1.86. The summed E-state index contributed by atoms with van der Waals surface area (Å²) in [5, 5.41) is 3.18. The fourth-order valence-electron chi connectivity index (χ4n) is 1.01. The SMILES string of the molecule is CNCC(C)Oc1ncc(Cl)cc1F. The van der Waals surface area contributed by atoms with Crippen LogP contribution in [0.1, 0.15) is 6.92 Å². The maximum atomic E-state index is 13.2. The van der Waals surface area contributed by atoms with E-state index < -0.39 is 5.82 Å². The largest absolute Gasteiger partial charge is 0.471 e. The summed E-state index contributed by atoms with van der Waals surface area (Å²) >= 11 is 5.54. The highest BCUT2D eigenvalue weighted by atomic mass is 35.5. The second kappa shape index (κ2) is 5.12. The predicted molar refractivity (Wildman–Crippen MR) is 53.2 cm³/mol. The van der Waals surface area contributed by atoms with Gasteiger partial charge in [0.05, 0.1) is 5.02 Å². The summed E-state index contributed by atoms with van der Waals surface area (Å²) in [6.07, 6.45) is 1.22. The van der Waals surface area contributed by atoms with Crippen LogP contribution >= 0.6 is 11.6 Å². The van der Waals surface area contributed by atoms with E-state index in [0.29, 0.717) is 6.54 Å². The van der Waals surface area contributed by atoms with Crippen LogP contribution in [0.2, 0.25) is 5.02 Å². The molecular formula is C9H12ClFN2O. The first-order valence-electron chi connectivity index (χ1n) is 4.25. The molecule has 1 heterocycles. The molecule has 78 valence electrons. The molecule has 0 saturated heterocycles. The quantitative estimate of drug-likeness (QED) is 0.838. The van der Waals surface area contributed by atoms with Crippen molar-refractivity contribution in [2.24, 2.45) is 0 Å². The van der Waals surface area contributed by atoms with Gasteiger partial charge in [-0.25, -0.2) is 9.37 Å². The van der Waals surface area contributed by atoms with E-state index in [9.17, 15) is 4.39 Å². The molecule has 3 nitrogen and oxygen atoms in total. The van der Waals surface area contributed by atoms with Crippen LogP contribution < -0.4 is 10.1 Å². The zero-order valence-electron chi connectivity index (χ0n) is 8.05. The lowest BCUT2D eigenvalue weighted by molar-refractivity contribution is 0.201. The van der Waals surface area contributed by atoms with Crippen LogP contribution in [0.15, 0.2) is 12.3 Å². The molecular weight excluding hydrogens is 207 g/mol. The molecule has 1 N–H and O–H groups in total. The lowest BCUT2D eigenvalue weighted by Crippen LogP contribution is -2.26. The number of hydrogen-bond acceptors (Lipinski definition) is 3. The molecule has 0 aliphatic rings. The van der Waals surface area contributed by atoms with Crippen molar-refractivity contribution >= 4 is 11.6 Å². The summed E-state index contributed by atoms with van der Waals surface area (Å²) in [7, 11) is 1.80. The maximum absolute atomic E-state index is 13.2. The van der Waals surface area contributed by atoms with Gasteiger partial charge < -0.3 is 10.1 Å². The summed E-state index contributed by atoms with van der Waals surface area (Å²) in [4.78, 5) is 3.74. The summed E-state index contributed by atoms with van der Waals surface area (Å²) in [5.74, 6) is -0.558. The summed E-state index contributed by atoms with van der Waals surface area (Å²) in [5.41, 5.74) is 0. The molecule has 0 bridgehead atoms. The topological polar surface area (TPSA) is 34.1 Å². The van der Waals surface area contributed by atoms with Gasteiger partial charge in [0, 0.05) is 12.7 Å². The van der Waals surface area contributed by atoms with E-state index in [4.69, 9.17) is 16.3 Å². The normalized spacial score (nSPS) is 12.6. The van der Waals surface area contributed by atoms with Gasteiger partial charge in [0.2, 0.25) is 0 Å². The zero-order valence-corrected chi connectivity index (χ0v) is 8.81. The van der Waals surface area contributed by atoms with Crippen molar-refractivity contribution in [1.29, 1.82) is 0 Å². The summed E-state index contributed by atoms with van der Waals surface area (Å²) < 4.78 is 18.4. The van der Waals surface area contributed by atoms with E-state index in [0.717, 1.165) is 0 Å². The van der Waals surface area contributed by atoms with E-state index in [-0.39, 0.29) is 17.0 Å². The van der Waals surface area contributed by atoms with Crippen molar-refractivity contribution in [3.8, 4) is 5.88 Å². The first kappa shape index (κ1) is 11.2. The van der Waals surface area contributed by atoms with Gasteiger partial charge in [0.1, 0.15) is 6.10 Å². The molecule has 0 aliphatic heterocycles. The molecule has 1 unspecified atom stereocenters. The molecule has 1 rings (SSSR count). The minimum Gasteiger partial charge on any atom is -0.471 e. The Kier molecular flexibility index (Phi) is 4.10. The fraction of sp³-hybridized carbons (Fsp3) is 0.444. The molecule has 1 aromatic heterocycles. The highest BCUT2D eigenvalue weighted by Gasteiger charge is 2.09. The van der Waals surface area contributed by atoms with E-state index in [1.807, 2.05) is 6.92 Å². The molecule has 1 aromatic rings. The second-order valence-electron chi connectivity index (χ2n) is 2.93. The molecule has 0 aliphatic carbocycles. The lowest BCUT2D eigenvalue weighted by atomic mass is 10.4. The Bertz CT molecular complexity index is 309. The Labute approximate surface area is 87.2 Å². The third-order valence-corrected chi connectivity index (χ3v) is 1.79. The Morgan fingerprint density at radius 3 is 3.00 bits per heavy atom. The van der Waals surface area contributed by atoms with Crippen LogP contribution in [-0.2, 0) is 0 Å². The van der Waals surface area contributed by atoms with Crippen LogP contribution in [-0.4, -0.2) is 24.7 Å². The molecule has 0 spiro atoms. The molecule has 0 radical (unpaired) electrons. The van der Waals surface area contributed by atoms with Gasteiger partial charge in [0.25, 0.3) is 5.88 Å². The smallest absolute Gasteiger partial charge is 0.250 e. The van der Waals surface area contributed by atoms with E-state index in [2.05, 4.69) is 10.3 Å². The van der Waals surface area contributed by atoms with Crippen LogP contribution in [0.5, 0.6) is 5.88 Å². The van der Waals surface area contributed by atoms with Crippen molar-refractivity contribution in [3.63, 3.8) is 0 Å². The van der Waals surface area contributed by atoms with Crippen molar-refractivity contribution in [3.05, 3.63) is 23.1 Å². The van der Waals surface area contributed by atoms with Gasteiger partial charge in [0.15, 0.2) is 5.82 Å². The molecule has 14 heavy (non-hydrogen) atoms. The van der Waals surface area contributed by atoms with Crippen LogP contribution in [0.3, 0.4) is 0 Å². The molecule has 5 heteroatoms. The van der Waals surface area contributed by atoms with Gasteiger partial charge in [-0.05, 0) is 20.0 Å². The second-order valence-corrected chi connectivity index (χ2v) is 3.36. The molecule has 1 atom stereocenters. The van der Waals surface area contributed by atoms with E-state index in [1.54, 1.807) is 7.05 Å². The number of aromatic nitrogens is 1. The van der Waals surface area contributed by atoms with Gasteiger partial charge >= 0.3 is 0 Å². The van der Waals surface area contributed by atoms with Crippen LogP contribution in [0, 0.1) is 5.82 Å². The minimum absolute atomic E-state index is 0.0165. The van der Waals surface area contributed by atoms with Gasteiger partial charge in [-0.15, -0.1) is 0 Å². The monoisotopic (exact) mass is 218 g/mol. The molecule has 0 amide bonds. The minimum atomic E-state index is -0.541. The van der Waals surface area contributed by atoms with Gasteiger partial charge in [-0.3, -0.25) is 0 Å². The highest BCUT2D eigenvalue weighted by Crippen LogP contribution is 2.18. The Balaban J connectivity index is 2.67. The average molecular weight is 219 g/mol. The van der Waals surface area contributed by atoms with Crippen molar-refractivity contribution in [2.75, 3.05) is 13.6 Å². The Hall–Kier alpha value is -0.870. The number of nitrogens with one attached hydrogen (secondary N) is 1. The number of likely N-dealkylation sites (N-methyl/N-ethyl adjacent to an activating group) is 1. The number of halogens is 2. The number of ether oxygens (including phenoxy) is 1. The third kappa shape index (κ3) is 3.12. The number of rotatable bonds is 4. The standard InChI is InChI=1S/C9H12ClFN2O/c1-6(4-12-2)14-9-8(11)3-7(10)5-13-9/h3,5-6,12H,4H2,1-2H3. The van der Waals surface area contributed by atoms with Crippen LogP contribution in [0.25, 0.3) is 0 Å². The van der Waals surface area contributed by atoms with Gasteiger partial charge in [-0.2, -0.15) is 0 Å².